The number of esters is 1. The van der Waals surface area contributed by atoms with Crippen LogP contribution in [-0.4, -0.2) is 28.4 Å². The SMILES string of the molecule is CCOC(=O)c1sc(NC(=O)c2cc([N+](=O)[O-])c(C)s2)nc1C. The van der Waals surface area contributed by atoms with Gasteiger partial charge in [-0.25, -0.2) is 9.78 Å². The largest absolute Gasteiger partial charge is 0.462 e. The number of hydrogen-bond donors (Lipinski definition) is 1. The maximum Gasteiger partial charge on any atom is 0.350 e. The molecule has 2 heterocycles. The highest BCUT2D eigenvalue weighted by atomic mass is 32.1. The zero-order chi connectivity index (χ0) is 17.1. The van der Waals surface area contributed by atoms with Gasteiger partial charge in [-0.3, -0.25) is 20.2 Å². The molecular formula is C13H13N3O5S2. The molecule has 0 fully saturated rings. The Kier molecular flexibility index (Phi) is 5.06. The standard InChI is InChI=1S/C13H13N3O5S2/c1-4-21-12(18)10-6(2)14-13(23-10)15-11(17)9-5-8(16(19)20)7(3)22-9/h5H,4H2,1-3H3,(H,14,15,17). The van der Waals surface area contributed by atoms with Crippen molar-refractivity contribution < 1.29 is 19.2 Å². The minimum atomic E-state index is -0.533. The van der Waals surface area contributed by atoms with E-state index in [0.717, 1.165) is 22.7 Å². The number of aromatic nitrogens is 1. The molecule has 1 N–H and O–H groups in total. The number of nitrogens with one attached hydrogen (secondary N) is 1. The first-order chi connectivity index (χ1) is 10.8. The van der Waals surface area contributed by atoms with E-state index in [4.69, 9.17) is 4.74 Å². The van der Waals surface area contributed by atoms with Gasteiger partial charge in [0, 0.05) is 6.07 Å². The lowest BCUT2D eigenvalue weighted by molar-refractivity contribution is -0.385. The lowest BCUT2D eigenvalue weighted by Gasteiger charge is -1.98. The highest BCUT2D eigenvalue weighted by Gasteiger charge is 2.22. The summed E-state index contributed by atoms with van der Waals surface area (Å²) in [6.07, 6.45) is 0. The van der Waals surface area contributed by atoms with Gasteiger partial charge in [-0.15, -0.1) is 11.3 Å². The fraction of sp³-hybridized carbons (Fsp3) is 0.308. The molecule has 0 spiro atoms. The summed E-state index contributed by atoms with van der Waals surface area (Å²) >= 11 is 2.03. The van der Waals surface area contributed by atoms with Gasteiger partial charge < -0.3 is 4.74 Å². The Morgan fingerprint density at radius 3 is 2.65 bits per heavy atom. The number of amides is 1. The molecule has 2 rings (SSSR count). The van der Waals surface area contributed by atoms with E-state index < -0.39 is 16.8 Å². The van der Waals surface area contributed by atoms with E-state index in [1.807, 2.05) is 0 Å². The van der Waals surface area contributed by atoms with Crippen molar-refractivity contribution in [3.8, 4) is 0 Å². The molecule has 0 atom stereocenters. The second kappa shape index (κ2) is 6.84. The molecule has 2 aromatic rings. The van der Waals surface area contributed by atoms with Crippen LogP contribution in [0.15, 0.2) is 6.07 Å². The van der Waals surface area contributed by atoms with Crippen molar-refractivity contribution in [3.05, 3.63) is 36.5 Å². The third-order valence-corrected chi connectivity index (χ3v) is 4.88. The summed E-state index contributed by atoms with van der Waals surface area (Å²) in [6.45, 7) is 5.16. The van der Waals surface area contributed by atoms with E-state index in [1.54, 1.807) is 20.8 Å². The summed E-state index contributed by atoms with van der Waals surface area (Å²) in [5.41, 5.74) is 0.361. The fourth-order valence-electron chi connectivity index (χ4n) is 1.76. The average Bonchev–Trinajstić information content (AvgIpc) is 3.02. The maximum absolute atomic E-state index is 12.1. The molecule has 23 heavy (non-hydrogen) atoms. The number of carbonyl (C=O) groups is 2. The molecule has 2 aromatic heterocycles. The Bertz CT molecular complexity index is 781. The Hall–Kier alpha value is -2.33. The first-order valence-electron chi connectivity index (χ1n) is 6.54. The van der Waals surface area contributed by atoms with Crippen LogP contribution in [0.3, 0.4) is 0 Å². The molecule has 0 unspecified atom stereocenters. The zero-order valence-electron chi connectivity index (χ0n) is 12.5. The first-order valence-corrected chi connectivity index (χ1v) is 8.17. The molecule has 1 amide bonds. The molecule has 0 saturated carbocycles. The third kappa shape index (κ3) is 3.71. The highest BCUT2D eigenvalue weighted by Crippen LogP contribution is 2.29. The number of nitrogens with zero attached hydrogens (tertiary/aromatic N) is 2. The highest BCUT2D eigenvalue weighted by molar-refractivity contribution is 7.18. The normalized spacial score (nSPS) is 10.4. The smallest absolute Gasteiger partial charge is 0.350 e. The number of aryl methyl sites for hydroxylation is 2. The minimum Gasteiger partial charge on any atom is -0.462 e. The van der Waals surface area contributed by atoms with E-state index in [1.165, 1.54) is 6.07 Å². The number of thiazole rings is 1. The van der Waals surface area contributed by atoms with Crippen LogP contribution in [0.1, 0.15) is 36.8 Å². The number of rotatable bonds is 5. The summed E-state index contributed by atoms with van der Waals surface area (Å²) in [4.78, 5) is 39.2. The van der Waals surface area contributed by atoms with Gasteiger partial charge in [0.2, 0.25) is 0 Å². The van der Waals surface area contributed by atoms with Crippen LogP contribution in [0.25, 0.3) is 0 Å². The second-order valence-electron chi connectivity index (χ2n) is 4.42. The van der Waals surface area contributed by atoms with E-state index in [-0.39, 0.29) is 22.3 Å². The Morgan fingerprint density at radius 2 is 2.09 bits per heavy atom. The van der Waals surface area contributed by atoms with Crippen LogP contribution in [0.2, 0.25) is 0 Å². The molecule has 122 valence electrons. The predicted octanol–water partition coefficient (Wildman–Crippen LogP) is 3.16. The van der Waals surface area contributed by atoms with Crippen molar-refractivity contribution in [1.29, 1.82) is 0 Å². The number of carbonyl (C=O) groups excluding carboxylic acids is 2. The van der Waals surface area contributed by atoms with Gasteiger partial charge in [0.25, 0.3) is 11.6 Å². The van der Waals surface area contributed by atoms with E-state index in [2.05, 4.69) is 10.3 Å². The Balaban J connectivity index is 2.18. The molecule has 10 heteroatoms. The molecule has 0 bridgehead atoms. The predicted molar refractivity (Wildman–Crippen MR) is 86.5 cm³/mol. The number of thiophene rings is 1. The molecule has 0 saturated heterocycles. The van der Waals surface area contributed by atoms with Crippen molar-refractivity contribution in [2.24, 2.45) is 0 Å². The summed E-state index contributed by atoms with van der Waals surface area (Å²) in [5.74, 6) is -0.999. The molecule has 0 aliphatic heterocycles. The fourth-order valence-corrected chi connectivity index (χ4v) is 3.50. The topological polar surface area (TPSA) is 111 Å². The number of anilines is 1. The quantitative estimate of drug-likeness (QED) is 0.501. The first kappa shape index (κ1) is 17.0. The number of ether oxygens (including phenoxy) is 1. The zero-order valence-corrected chi connectivity index (χ0v) is 14.2. The average molecular weight is 355 g/mol. The van der Waals surface area contributed by atoms with Gasteiger partial charge >= 0.3 is 5.97 Å². The van der Waals surface area contributed by atoms with E-state index >= 15 is 0 Å². The van der Waals surface area contributed by atoms with E-state index in [9.17, 15) is 19.7 Å². The molecule has 0 aliphatic rings. The minimum absolute atomic E-state index is 0.0947. The number of hydrogen-bond acceptors (Lipinski definition) is 8. The molecular weight excluding hydrogens is 342 g/mol. The van der Waals surface area contributed by atoms with Crippen LogP contribution < -0.4 is 5.32 Å². The van der Waals surface area contributed by atoms with Crippen LogP contribution >= 0.6 is 22.7 Å². The van der Waals surface area contributed by atoms with Crippen LogP contribution in [0.4, 0.5) is 10.8 Å². The monoisotopic (exact) mass is 355 g/mol. The Labute approximate surface area is 139 Å². The summed E-state index contributed by atoms with van der Waals surface area (Å²) in [5, 5.41) is 13.6. The summed E-state index contributed by atoms with van der Waals surface area (Å²) < 4.78 is 4.90. The lowest BCUT2D eigenvalue weighted by Crippen LogP contribution is -2.09. The van der Waals surface area contributed by atoms with Gasteiger partial charge in [0.1, 0.15) is 4.88 Å². The van der Waals surface area contributed by atoms with Crippen LogP contribution in [-0.2, 0) is 4.74 Å². The van der Waals surface area contributed by atoms with Gasteiger partial charge in [-0.05, 0) is 20.8 Å². The van der Waals surface area contributed by atoms with Gasteiger partial charge in [0.15, 0.2) is 5.13 Å². The van der Waals surface area contributed by atoms with Crippen LogP contribution in [0.5, 0.6) is 0 Å². The molecule has 0 aliphatic carbocycles. The molecule has 0 aromatic carbocycles. The van der Waals surface area contributed by atoms with Crippen LogP contribution in [0, 0.1) is 24.0 Å². The summed E-state index contributed by atoms with van der Waals surface area (Å²) in [6, 6.07) is 1.22. The van der Waals surface area contributed by atoms with Crippen molar-refractivity contribution >= 4 is 45.4 Å². The number of nitro groups is 1. The maximum atomic E-state index is 12.1. The van der Waals surface area contributed by atoms with Gasteiger partial charge in [-0.1, -0.05) is 11.3 Å². The third-order valence-electron chi connectivity index (χ3n) is 2.79. The second-order valence-corrected chi connectivity index (χ2v) is 6.67. The lowest BCUT2D eigenvalue weighted by atomic mass is 10.3. The van der Waals surface area contributed by atoms with Gasteiger partial charge in [-0.2, -0.15) is 0 Å². The van der Waals surface area contributed by atoms with Gasteiger partial charge in [0.05, 0.1) is 27.0 Å². The molecule has 8 nitrogen and oxygen atoms in total. The van der Waals surface area contributed by atoms with Crippen molar-refractivity contribution in [2.75, 3.05) is 11.9 Å². The van der Waals surface area contributed by atoms with E-state index in [0.29, 0.717) is 15.4 Å². The van der Waals surface area contributed by atoms with Crippen molar-refractivity contribution in [3.63, 3.8) is 0 Å². The molecule has 0 radical (unpaired) electrons. The summed E-state index contributed by atoms with van der Waals surface area (Å²) in [7, 11) is 0. The van der Waals surface area contributed by atoms with Crippen molar-refractivity contribution in [1.82, 2.24) is 4.98 Å². The Morgan fingerprint density at radius 1 is 1.39 bits per heavy atom. The van der Waals surface area contributed by atoms with Crippen molar-refractivity contribution in [2.45, 2.75) is 20.8 Å².